The lowest BCUT2D eigenvalue weighted by molar-refractivity contribution is -0.234. The Labute approximate surface area is 144 Å². The molecule has 8 heteroatoms. The zero-order valence-electron chi connectivity index (χ0n) is 14.2. The number of hydrogen-bond acceptors (Lipinski definition) is 5. The number of benzene rings is 1. The van der Waals surface area contributed by atoms with Gasteiger partial charge >= 0.3 is 12.1 Å². The van der Waals surface area contributed by atoms with Crippen molar-refractivity contribution in [2.45, 2.75) is 44.6 Å². The van der Waals surface area contributed by atoms with E-state index < -0.39 is 24.4 Å². The summed E-state index contributed by atoms with van der Waals surface area (Å²) < 4.78 is 54.6. The fourth-order valence-electron chi connectivity index (χ4n) is 2.22. The molecule has 1 aromatic carbocycles. The second-order valence-corrected chi connectivity index (χ2v) is 5.38. The molecule has 0 amide bonds. The van der Waals surface area contributed by atoms with Crippen LogP contribution in [-0.4, -0.2) is 49.8 Å². The van der Waals surface area contributed by atoms with Crippen LogP contribution < -0.4 is 0 Å². The van der Waals surface area contributed by atoms with Crippen molar-refractivity contribution in [2.24, 2.45) is 0 Å². The van der Waals surface area contributed by atoms with Gasteiger partial charge in [0.2, 0.25) is 6.10 Å². The molecule has 0 aliphatic rings. The molecule has 1 N–H and O–H groups in total. The lowest BCUT2D eigenvalue weighted by atomic mass is 10.1. The van der Waals surface area contributed by atoms with Crippen LogP contribution >= 0.6 is 0 Å². The summed E-state index contributed by atoms with van der Waals surface area (Å²) in [5.41, 5.74) is -0.0850. The molecule has 1 aromatic rings. The number of hydrogen-bond donors (Lipinski definition) is 1. The van der Waals surface area contributed by atoms with Gasteiger partial charge in [-0.15, -0.1) is 0 Å². The number of phenolic OH excluding ortho intramolecular Hbond substituents is 1. The maximum atomic E-state index is 13.3. The summed E-state index contributed by atoms with van der Waals surface area (Å²) in [5.74, 6) is -1.23. The fraction of sp³-hybridized carbons (Fsp3) is 0.588. The van der Waals surface area contributed by atoms with Crippen molar-refractivity contribution in [2.75, 3.05) is 20.3 Å². The molecule has 0 aliphatic carbocycles. The third-order valence-corrected chi connectivity index (χ3v) is 3.53. The van der Waals surface area contributed by atoms with Gasteiger partial charge in [-0.1, -0.05) is 0 Å². The molecular formula is C17H23F3O5. The van der Waals surface area contributed by atoms with Crippen LogP contribution in [0.3, 0.4) is 0 Å². The number of methoxy groups -OCH3 is 1. The first-order valence-corrected chi connectivity index (χ1v) is 7.96. The smallest absolute Gasteiger partial charge is 0.428 e. The van der Waals surface area contributed by atoms with Crippen LogP contribution in [0, 0.1) is 0 Å². The summed E-state index contributed by atoms with van der Waals surface area (Å²) in [4.78, 5) is 12.0. The van der Waals surface area contributed by atoms with E-state index in [1.54, 1.807) is 0 Å². The van der Waals surface area contributed by atoms with Crippen molar-refractivity contribution in [3.05, 3.63) is 29.8 Å². The SMILES string of the molecule is CCOCCCCC(OC)C(OC(=O)c1ccc(O)cc1)C(F)(F)F. The highest BCUT2D eigenvalue weighted by atomic mass is 19.4. The number of alkyl halides is 3. The van der Waals surface area contributed by atoms with E-state index in [-0.39, 0.29) is 17.7 Å². The van der Waals surface area contributed by atoms with Crippen LogP contribution in [0.4, 0.5) is 13.2 Å². The third-order valence-electron chi connectivity index (χ3n) is 3.53. The quantitative estimate of drug-likeness (QED) is 0.507. The molecule has 0 spiro atoms. The Kier molecular flexibility index (Phi) is 8.71. The zero-order chi connectivity index (χ0) is 18.9. The van der Waals surface area contributed by atoms with E-state index in [0.717, 1.165) is 7.11 Å². The highest BCUT2D eigenvalue weighted by Crippen LogP contribution is 2.30. The number of ether oxygens (including phenoxy) is 3. The summed E-state index contributed by atoms with van der Waals surface area (Å²) in [6.07, 6.45) is -7.32. The van der Waals surface area contributed by atoms with Crippen LogP contribution in [0.25, 0.3) is 0 Å². The predicted octanol–water partition coefficient (Wildman–Crippen LogP) is 3.70. The molecule has 142 valence electrons. The van der Waals surface area contributed by atoms with Crippen molar-refractivity contribution in [1.82, 2.24) is 0 Å². The molecule has 0 saturated heterocycles. The van der Waals surface area contributed by atoms with Gasteiger partial charge in [-0.3, -0.25) is 0 Å². The van der Waals surface area contributed by atoms with Gasteiger partial charge in [0.05, 0.1) is 5.56 Å². The topological polar surface area (TPSA) is 65.0 Å². The van der Waals surface area contributed by atoms with Crippen LogP contribution in [0.5, 0.6) is 5.75 Å². The van der Waals surface area contributed by atoms with Gasteiger partial charge in [0.1, 0.15) is 11.9 Å². The standard InChI is InChI=1S/C17H23F3O5/c1-3-24-11-5-4-6-14(23-2)15(17(18,19)20)25-16(22)12-7-9-13(21)10-8-12/h7-10,14-15,21H,3-6,11H2,1-2H3. The molecule has 0 aromatic heterocycles. The monoisotopic (exact) mass is 364 g/mol. The Morgan fingerprint density at radius 1 is 1.20 bits per heavy atom. The molecule has 1 rings (SSSR count). The van der Waals surface area contributed by atoms with E-state index in [0.29, 0.717) is 26.1 Å². The molecular weight excluding hydrogens is 341 g/mol. The van der Waals surface area contributed by atoms with Crippen molar-refractivity contribution in [3.63, 3.8) is 0 Å². The summed E-state index contributed by atoms with van der Waals surface area (Å²) in [6.45, 7) is 2.83. The molecule has 25 heavy (non-hydrogen) atoms. The maximum Gasteiger partial charge on any atom is 0.428 e. The Balaban J connectivity index is 2.74. The molecule has 0 bridgehead atoms. The number of esters is 1. The molecule has 0 saturated carbocycles. The van der Waals surface area contributed by atoms with E-state index in [1.807, 2.05) is 6.92 Å². The minimum absolute atomic E-state index is 0.0800. The Morgan fingerprint density at radius 3 is 2.36 bits per heavy atom. The lowest BCUT2D eigenvalue weighted by Gasteiger charge is -2.27. The van der Waals surface area contributed by atoms with Crippen LogP contribution in [-0.2, 0) is 14.2 Å². The average molecular weight is 364 g/mol. The van der Waals surface area contributed by atoms with Crippen molar-refractivity contribution in [1.29, 1.82) is 0 Å². The Morgan fingerprint density at radius 2 is 1.84 bits per heavy atom. The van der Waals surface area contributed by atoms with Gasteiger partial charge in [-0.2, -0.15) is 13.2 Å². The van der Waals surface area contributed by atoms with Gasteiger partial charge in [0.25, 0.3) is 0 Å². The number of unbranched alkanes of at least 4 members (excludes halogenated alkanes) is 1. The maximum absolute atomic E-state index is 13.3. The lowest BCUT2D eigenvalue weighted by Crippen LogP contribution is -2.44. The van der Waals surface area contributed by atoms with E-state index in [1.165, 1.54) is 24.3 Å². The van der Waals surface area contributed by atoms with Crippen LogP contribution in [0.2, 0.25) is 0 Å². The number of phenols is 1. The summed E-state index contributed by atoms with van der Waals surface area (Å²) in [7, 11) is 1.15. The summed E-state index contributed by atoms with van der Waals surface area (Å²) in [5, 5.41) is 9.17. The number of rotatable bonds is 10. The van der Waals surface area contributed by atoms with Crippen molar-refractivity contribution in [3.8, 4) is 5.75 Å². The molecule has 0 radical (unpaired) electrons. The molecule has 5 nitrogen and oxygen atoms in total. The second kappa shape index (κ2) is 10.2. The molecule has 0 heterocycles. The summed E-state index contributed by atoms with van der Waals surface area (Å²) >= 11 is 0. The minimum atomic E-state index is -4.76. The van der Waals surface area contributed by atoms with E-state index in [9.17, 15) is 23.1 Å². The zero-order valence-corrected chi connectivity index (χ0v) is 14.2. The first kappa shape index (κ1) is 21.2. The first-order chi connectivity index (χ1) is 11.8. The first-order valence-electron chi connectivity index (χ1n) is 7.96. The minimum Gasteiger partial charge on any atom is -0.508 e. The summed E-state index contributed by atoms with van der Waals surface area (Å²) in [6, 6.07) is 4.77. The van der Waals surface area contributed by atoms with Crippen LogP contribution in [0.1, 0.15) is 36.5 Å². The number of aromatic hydroxyl groups is 1. The van der Waals surface area contributed by atoms with Gasteiger partial charge in [0.15, 0.2) is 0 Å². The van der Waals surface area contributed by atoms with Gasteiger partial charge in [-0.05, 0) is 50.5 Å². The molecule has 0 aliphatic heterocycles. The second-order valence-electron chi connectivity index (χ2n) is 5.38. The average Bonchev–Trinajstić information content (AvgIpc) is 2.56. The Hall–Kier alpha value is -1.80. The molecule has 2 unspecified atom stereocenters. The van der Waals surface area contributed by atoms with E-state index >= 15 is 0 Å². The highest BCUT2D eigenvalue weighted by Gasteiger charge is 2.48. The predicted molar refractivity (Wildman–Crippen MR) is 84.5 cm³/mol. The van der Waals surface area contributed by atoms with Gasteiger partial charge in [0, 0.05) is 20.3 Å². The highest BCUT2D eigenvalue weighted by molar-refractivity contribution is 5.89. The Bertz CT molecular complexity index is 516. The third kappa shape index (κ3) is 7.31. The fourth-order valence-corrected chi connectivity index (χ4v) is 2.22. The van der Waals surface area contributed by atoms with E-state index in [4.69, 9.17) is 9.47 Å². The molecule has 0 fully saturated rings. The number of carbonyl (C=O) groups is 1. The van der Waals surface area contributed by atoms with Crippen LogP contribution in [0.15, 0.2) is 24.3 Å². The normalized spacial score (nSPS) is 14.1. The van der Waals surface area contributed by atoms with Gasteiger partial charge in [-0.25, -0.2) is 4.79 Å². The van der Waals surface area contributed by atoms with Crippen molar-refractivity contribution < 1.29 is 37.3 Å². The number of carbonyl (C=O) groups excluding carboxylic acids is 1. The number of halogens is 3. The molecule has 2 atom stereocenters. The van der Waals surface area contributed by atoms with Gasteiger partial charge < -0.3 is 19.3 Å². The largest absolute Gasteiger partial charge is 0.508 e. The van der Waals surface area contributed by atoms with Crippen molar-refractivity contribution >= 4 is 5.97 Å². The van der Waals surface area contributed by atoms with E-state index in [2.05, 4.69) is 4.74 Å².